The van der Waals surface area contributed by atoms with Crippen molar-refractivity contribution in [3.05, 3.63) is 58.7 Å². The summed E-state index contributed by atoms with van der Waals surface area (Å²) in [4.78, 5) is 0. The maximum absolute atomic E-state index is 5.37. The van der Waals surface area contributed by atoms with Crippen molar-refractivity contribution in [1.29, 1.82) is 0 Å². The topological polar surface area (TPSA) is 24.1 Å². The van der Waals surface area contributed by atoms with Crippen LogP contribution in [0.25, 0.3) is 0 Å². The first-order valence-corrected chi connectivity index (χ1v) is 7.08. The summed E-state index contributed by atoms with van der Waals surface area (Å²) in [6.07, 6.45) is 0. The van der Waals surface area contributed by atoms with Gasteiger partial charge in [-0.1, -0.05) is 23.8 Å². The van der Waals surface area contributed by atoms with Gasteiger partial charge in [-0.2, -0.15) is 0 Å². The molecule has 104 valence electrons. The second kappa shape index (κ2) is 6.06. The molecule has 0 bridgehead atoms. The fourth-order valence-electron chi connectivity index (χ4n) is 2.29. The minimum absolute atomic E-state index is 0.613. The van der Waals surface area contributed by atoms with Gasteiger partial charge in [-0.15, -0.1) is 0 Å². The molecular weight excluding hydrogens is 264 g/mol. The molecule has 0 fully saturated rings. The van der Waals surface area contributed by atoms with Gasteiger partial charge in [0, 0.05) is 11.4 Å². The molecule has 0 aromatic heterocycles. The van der Waals surface area contributed by atoms with E-state index in [9.17, 15) is 0 Å². The van der Waals surface area contributed by atoms with Crippen molar-refractivity contribution >= 4 is 28.7 Å². The molecule has 2 rings (SSSR count). The molecule has 0 saturated heterocycles. The first-order chi connectivity index (χ1) is 9.44. The lowest BCUT2D eigenvalue weighted by atomic mass is 10.1. The maximum atomic E-state index is 5.37. The van der Waals surface area contributed by atoms with Crippen molar-refractivity contribution in [2.75, 3.05) is 10.6 Å². The molecule has 20 heavy (non-hydrogen) atoms. The third-order valence-electron chi connectivity index (χ3n) is 3.11. The predicted octanol–water partition coefficient (Wildman–Crippen LogP) is 4.73. The summed E-state index contributed by atoms with van der Waals surface area (Å²) in [6, 6.07) is 12.6. The lowest BCUT2D eigenvalue weighted by molar-refractivity contribution is 1.37. The smallest absolute Gasteiger partial charge is 0.175 e. The average Bonchev–Trinajstić information content (AvgIpc) is 2.31. The Labute approximate surface area is 126 Å². The lowest BCUT2D eigenvalue weighted by Crippen LogP contribution is -2.19. The highest BCUT2D eigenvalue weighted by atomic mass is 32.1. The summed E-state index contributed by atoms with van der Waals surface area (Å²) in [5, 5.41) is 7.09. The van der Waals surface area contributed by atoms with E-state index in [1.807, 2.05) is 0 Å². The number of thiocarbonyl (C=S) groups is 1. The summed E-state index contributed by atoms with van der Waals surface area (Å²) in [5.41, 5.74) is 6.95. The molecule has 2 aromatic rings. The Balaban J connectivity index is 2.09. The number of rotatable bonds is 2. The largest absolute Gasteiger partial charge is 0.332 e. The van der Waals surface area contributed by atoms with Gasteiger partial charge in [-0.3, -0.25) is 0 Å². The zero-order chi connectivity index (χ0) is 14.7. The van der Waals surface area contributed by atoms with Crippen molar-refractivity contribution in [2.24, 2.45) is 0 Å². The summed E-state index contributed by atoms with van der Waals surface area (Å²) < 4.78 is 0. The molecule has 2 N–H and O–H groups in total. The molecule has 0 spiro atoms. The fourth-order valence-corrected chi connectivity index (χ4v) is 2.51. The van der Waals surface area contributed by atoms with E-state index in [0.717, 1.165) is 11.4 Å². The maximum Gasteiger partial charge on any atom is 0.175 e. The van der Waals surface area contributed by atoms with E-state index < -0.39 is 0 Å². The highest BCUT2D eigenvalue weighted by Gasteiger charge is 2.03. The Morgan fingerprint density at radius 3 is 2.05 bits per heavy atom. The first-order valence-electron chi connectivity index (χ1n) is 6.67. The van der Waals surface area contributed by atoms with Crippen LogP contribution in [0.2, 0.25) is 0 Å². The van der Waals surface area contributed by atoms with Crippen molar-refractivity contribution in [3.63, 3.8) is 0 Å². The normalized spacial score (nSPS) is 10.2. The summed E-state index contributed by atoms with van der Waals surface area (Å²) in [5.74, 6) is 0. The average molecular weight is 284 g/mol. The standard InChI is InChI=1S/C17H20N2S/c1-11-5-6-16(14(4)8-11)19-17(20)18-15-9-12(2)7-13(3)10-15/h5-10H,1-4H3,(H2,18,19,20). The summed E-state index contributed by atoms with van der Waals surface area (Å²) in [7, 11) is 0. The van der Waals surface area contributed by atoms with E-state index in [4.69, 9.17) is 12.2 Å². The van der Waals surface area contributed by atoms with Crippen molar-refractivity contribution in [2.45, 2.75) is 27.7 Å². The minimum Gasteiger partial charge on any atom is -0.332 e. The zero-order valence-electron chi connectivity index (χ0n) is 12.4. The molecule has 0 aliphatic rings. The van der Waals surface area contributed by atoms with Crippen LogP contribution in [0.4, 0.5) is 11.4 Å². The molecule has 0 amide bonds. The quantitative estimate of drug-likeness (QED) is 0.780. The van der Waals surface area contributed by atoms with Gasteiger partial charge < -0.3 is 10.6 Å². The number of anilines is 2. The second-order valence-corrected chi connectivity index (χ2v) is 5.68. The molecule has 0 heterocycles. The molecule has 0 aliphatic carbocycles. The lowest BCUT2D eigenvalue weighted by Gasteiger charge is -2.14. The first kappa shape index (κ1) is 14.5. The number of hydrogen-bond acceptors (Lipinski definition) is 1. The Hall–Kier alpha value is -1.87. The fraction of sp³-hybridized carbons (Fsp3) is 0.235. The van der Waals surface area contributed by atoms with Gasteiger partial charge in [0.2, 0.25) is 0 Å². The van der Waals surface area contributed by atoms with Crippen LogP contribution in [0.15, 0.2) is 36.4 Å². The van der Waals surface area contributed by atoms with E-state index in [2.05, 4.69) is 74.7 Å². The van der Waals surface area contributed by atoms with E-state index in [-0.39, 0.29) is 0 Å². The number of hydrogen-bond donors (Lipinski definition) is 2. The monoisotopic (exact) mass is 284 g/mol. The summed E-state index contributed by atoms with van der Waals surface area (Å²) in [6.45, 7) is 8.33. The van der Waals surface area contributed by atoms with Gasteiger partial charge in [-0.25, -0.2) is 0 Å². The predicted molar refractivity (Wildman–Crippen MR) is 91.7 cm³/mol. The van der Waals surface area contributed by atoms with Crippen molar-refractivity contribution in [3.8, 4) is 0 Å². The van der Waals surface area contributed by atoms with Crippen LogP contribution in [-0.2, 0) is 0 Å². The Morgan fingerprint density at radius 1 is 0.800 bits per heavy atom. The van der Waals surface area contributed by atoms with Gasteiger partial charge in [0.1, 0.15) is 0 Å². The summed E-state index contributed by atoms with van der Waals surface area (Å²) >= 11 is 5.37. The van der Waals surface area contributed by atoms with E-state index in [1.165, 1.54) is 22.3 Å². The Kier molecular flexibility index (Phi) is 4.40. The molecule has 0 unspecified atom stereocenters. The molecule has 2 aromatic carbocycles. The molecule has 0 aliphatic heterocycles. The van der Waals surface area contributed by atoms with Crippen molar-refractivity contribution < 1.29 is 0 Å². The third-order valence-corrected chi connectivity index (χ3v) is 3.31. The minimum atomic E-state index is 0.613. The second-order valence-electron chi connectivity index (χ2n) is 5.27. The Morgan fingerprint density at radius 2 is 1.45 bits per heavy atom. The van der Waals surface area contributed by atoms with Crippen LogP contribution in [0.5, 0.6) is 0 Å². The molecule has 2 nitrogen and oxygen atoms in total. The van der Waals surface area contributed by atoms with Crippen LogP contribution in [0, 0.1) is 27.7 Å². The van der Waals surface area contributed by atoms with Crippen LogP contribution in [-0.4, -0.2) is 5.11 Å². The number of aryl methyl sites for hydroxylation is 4. The molecule has 0 saturated carbocycles. The van der Waals surface area contributed by atoms with E-state index in [0.29, 0.717) is 5.11 Å². The highest BCUT2D eigenvalue weighted by Crippen LogP contribution is 2.18. The van der Waals surface area contributed by atoms with Gasteiger partial charge >= 0.3 is 0 Å². The van der Waals surface area contributed by atoms with Crippen LogP contribution < -0.4 is 10.6 Å². The van der Waals surface area contributed by atoms with Crippen LogP contribution >= 0.6 is 12.2 Å². The van der Waals surface area contributed by atoms with Gasteiger partial charge in [0.15, 0.2) is 5.11 Å². The molecular formula is C17H20N2S. The number of benzene rings is 2. The molecule has 0 radical (unpaired) electrons. The molecule has 3 heteroatoms. The number of nitrogens with one attached hydrogen (secondary N) is 2. The van der Waals surface area contributed by atoms with Crippen molar-refractivity contribution in [1.82, 2.24) is 0 Å². The van der Waals surface area contributed by atoms with Crippen LogP contribution in [0.3, 0.4) is 0 Å². The van der Waals surface area contributed by atoms with Crippen LogP contribution in [0.1, 0.15) is 22.3 Å². The molecule has 0 atom stereocenters. The SMILES string of the molecule is Cc1cc(C)cc(NC(=S)Nc2ccc(C)cc2C)c1. The van der Waals surface area contributed by atoms with E-state index in [1.54, 1.807) is 0 Å². The van der Waals surface area contributed by atoms with E-state index >= 15 is 0 Å². The Bertz CT molecular complexity index is 627. The van der Waals surface area contributed by atoms with Gasteiger partial charge in [0.05, 0.1) is 0 Å². The third kappa shape index (κ3) is 3.81. The van der Waals surface area contributed by atoms with Gasteiger partial charge in [-0.05, 0) is 74.8 Å². The van der Waals surface area contributed by atoms with Gasteiger partial charge in [0.25, 0.3) is 0 Å². The highest BCUT2D eigenvalue weighted by molar-refractivity contribution is 7.80. The zero-order valence-corrected chi connectivity index (χ0v) is 13.2.